The number of benzene rings is 1. The minimum absolute atomic E-state index is 0.139. The first-order chi connectivity index (χ1) is 17.6. The van der Waals surface area contributed by atoms with E-state index in [4.69, 9.17) is 13.9 Å². The summed E-state index contributed by atoms with van der Waals surface area (Å²) in [7, 11) is 0. The van der Waals surface area contributed by atoms with Crippen molar-refractivity contribution >= 4 is 28.8 Å². The first-order valence-electron chi connectivity index (χ1n) is 12.4. The average Bonchev–Trinajstić information content (AvgIpc) is 2.86. The number of fused-ring (bicyclic) bond motifs is 1. The summed E-state index contributed by atoms with van der Waals surface area (Å²) in [5, 5.41) is 6.23. The lowest BCUT2D eigenvalue weighted by Crippen LogP contribution is -2.44. The Morgan fingerprint density at radius 2 is 1.92 bits per heavy atom. The van der Waals surface area contributed by atoms with Crippen molar-refractivity contribution in [2.24, 2.45) is 5.41 Å². The molecule has 1 aromatic carbocycles. The highest BCUT2D eigenvalue weighted by molar-refractivity contribution is 5.82. The predicted octanol–water partition coefficient (Wildman–Crippen LogP) is 4.48. The summed E-state index contributed by atoms with van der Waals surface area (Å²) in [6.45, 7) is 8.58. The maximum atomic E-state index is 12.8. The number of ether oxygens (including phenoxy) is 2. The summed E-state index contributed by atoms with van der Waals surface area (Å²) < 4.78 is 16.3. The van der Waals surface area contributed by atoms with E-state index in [1.165, 1.54) is 6.07 Å². The molecule has 0 fully saturated rings. The van der Waals surface area contributed by atoms with E-state index in [-0.39, 0.29) is 30.5 Å². The van der Waals surface area contributed by atoms with Crippen molar-refractivity contribution < 1.29 is 23.5 Å². The van der Waals surface area contributed by atoms with E-state index in [1.54, 1.807) is 31.3 Å². The largest absolute Gasteiger partial charge is 0.464 e. The fourth-order valence-corrected chi connectivity index (χ4v) is 3.59. The Hall–Kier alpha value is -3.88. The SMILES string of the molecule is CCOC(=O)[C@H](Cc1ccc2oc(CCCNc3ccccn3)cc(=O)c2c1)NC(=O)OCC(C)(C)C. The number of amides is 1. The van der Waals surface area contributed by atoms with Crippen LogP contribution in [0.3, 0.4) is 0 Å². The Bertz CT molecular complexity index is 1250. The number of carbonyl (C=O) groups is 2. The molecule has 3 aromatic rings. The van der Waals surface area contributed by atoms with Gasteiger partial charge in [-0.3, -0.25) is 4.79 Å². The van der Waals surface area contributed by atoms with Crippen molar-refractivity contribution in [1.29, 1.82) is 0 Å². The molecule has 0 aliphatic heterocycles. The molecule has 1 amide bonds. The van der Waals surface area contributed by atoms with E-state index in [0.29, 0.717) is 35.3 Å². The van der Waals surface area contributed by atoms with Gasteiger partial charge in [0.1, 0.15) is 23.2 Å². The number of aryl methyl sites for hydroxylation is 1. The maximum absolute atomic E-state index is 12.8. The van der Waals surface area contributed by atoms with Gasteiger partial charge in [-0.1, -0.05) is 32.9 Å². The first-order valence-corrected chi connectivity index (χ1v) is 12.4. The average molecular weight is 510 g/mol. The Kier molecular flexibility index (Phi) is 9.65. The van der Waals surface area contributed by atoms with Gasteiger partial charge in [-0.25, -0.2) is 14.6 Å². The van der Waals surface area contributed by atoms with Crippen LogP contribution in [-0.2, 0) is 27.1 Å². The molecular formula is C28H35N3O6. The molecule has 9 heteroatoms. The van der Waals surface area contributed by atoms with E-state index in [1.807, 2.05) is 39.0 Å². The third-order valence-electron chi connectivity index (χ3n) is 5.35. The Balaban J connectivity index is 1.66. The molecule has 3 rings (SSSR count). The van der Waals surface area contributed by atoms with Crippen LogP contribution in [0.2, 0.25) is 0 Å². The van der Waals surface area contributed by atoms with Gasteiger partial charge in [0.05, 0.1) is 18.6 Å². The van der Waals surface area contributed by atoms with Gasteiger partial charge in [0, 0.05) is 31.6 Å². The van der Waals surface area contributed by atoms with E-state index in [2.05, 4.69) is 15.6 Å². The number of esters is 1. The van der Waals surface area contributed by atoms with Crippen LogP contribution in [0.15, 0.2) is 57.9 Å². The van der Waals surface area contributed by atoms with Gasteiger partial charge in [0.15, 0.2) is 5.43 Å². The molecular weight excluding hydrogens is 474 g/mol. The van der Waals surface area contributed by atoms with Crippen molar-refractivity contribution in [2.45, 2.75) is 53.0 Å². The number of rotatable bonds is 11. The van der Waals surface area contributed by atoms with Crippen molar-refractivity contribution in [3.8, 4) is 0 Å². The maximum Gasteiger partial charge on any atom is 0.407 e. The van der Waals surface area contributed by atoms with Gasteiger partial charge >= 0.3 is 12.1 Å². The number of pyridine rings is 1. The van der Waals surface area contributed by atoms with Crippen LogP contribution in [0, 0.1) is 5.41 Å². The lowest BCUT2D eigenvalue weighted by Gasteiger charge is -2.21. The number of carbonyl (C=O) groups excluding carboxylic acids is 2. The lowest BCUT2D eigenvalue weighted by atomic mass is 9.99. The number of nitrogens with one attached hydrogen (secondary N) is 2. The van der Waals surface area contributed by atoms with Crippen molar-refractivity contribution in [2.75, 3.05) is 25.1 Å². The summed E-state index contributed by atoms with van der Waals surface area (Å²) in [5.41, 5.74) is 0.772. The number of nitrogens with zero attached hydrogens (tertiary/aromatic N) is 1. The molecule has 9 nitrogen and oxygen atoms in total. The summed E-state index contributed by atoms with van der Waals surface area (Å²) in [5.74, 6) is 0.825. The molecule has 0 saturated heterocycles. The Labute approximate surface area is 216 Å². The molecule has 37 heavy (non-hydrogen) atoms. The third-order valence-corrected chi connectivity index (χ3v) is 5.35. The minimum Gasteiger partial charge on any atom is -0.464 e. The molecule has 0 spiro atoms. The van der Waals surface area contributed by atoms with Crippen LogP contribution in [0.4, 0.5) is 10.6 Å². The van der Waals surface area contributed by atoms with Crippen LogP contribution >= 0.6 is 0 Å². The topological polar surface area (TPSA) is 120 Å². The normalized spacial score (nSPS) is 12.1. The Morgan fingerprint density at radius 3 is 2.62 bits per heavy atom. The molecule has 0 aliphatic carbocycles. The van der Waals surface area contributed by atoms with Crippen LogP contribution in [-0.4, -0.2) is 42.8 Å². The fraction of sp³-hybridized carbons (Fsp3) is 0.429. The molecule has 0 unspecified atom stereocenters. The monoisotopic (exact) mass is 509 g/mol. The molecule has 1 atom stereocenters. The molecule has 0 bridgehead atoms. The fourth-order valence-electron chi connectivity index (χ4n) is 3.59. The van der Waals surface area contributed by atoms with Gasteiger partial charge in [0.2, 0.25) is 0 Å². The molecule has 2 aromatic heterocycles. The molecule has 0 radical (unpaired) electrons. The minimum atomic E-state index is -0.956. The molecule has 0 aliphatic rings. The van der Waals surface area contributed by atoms with Gasteiger partial charge in [-0.05, 0) is 48.6 Å². The van der Waals surface area contributed by atoms with Gasteiger partial charge in [-0.15, -0.1) is 0 Å². The van der Waals surface area contributed by atoms with Crippen molar-refractivity contribution in [3.05, 3.63) is 70.2 Å². The van der Waals surface area contributed by atoms with Crippen LogP contribution < -0.4 is 16.1 Å². The van der Waals surface area contributed by atoms with Gasteiger partial charge < -0.3 is 24.5 Å². The highest BCUT2D eigenvalue weighted by Crippen LogP contribution is 2.18. The van der Waals surface area contributed by atoms with Crippen molar-refractivity contribution in [1.82, 2.24) is 10.3 Å². The predicted molar refractivity (Wildman–Crippen MR) is 142 cm³/mol. The molecule has 2 heterocycles. The Morgan fingerprint density at radius 1 is 1.11 bits per heavy atom. The highest BCUT2D eigenvalue weighted by Gasteiger charge is 2.24. The number of anilines is 1. The van der Waals surface area contributed by atoms with E-state index in [9.17, 15) is 14.4 Å². The smallest absolute Gasteiger partial charge is 0.407 e. The zero-order valence-electron chi connectivity index (χ0n) is 21.8. The van der Waals surface area contributed by atoms with E-state index in [0.717, 1.165) is 12.2 Å². The third kappa shape index (κ3) is 8.93. The second-order valence-electron chi connectivity index (χ2n) is 9.94. The van der Waals surface area contributed by atoms with Crippen LogP contribution in [0.25, 0.3) is 11.0 Å². The summed E-state index contributed by atoms with van der Waals surface area (Å²) >= 11 is 0. The standard InChI is InChI=1S/C28H35N3O6/c1-5-35-26(33)22(31-27(34)36-18-28(2,3)4)16-19-11-12-24-21(15-19)23(32)17-20(37-24)9-8-14-30-25-10-6-7-13-29-25/h6-7,10-13,15,17,22H,5,8-9,14,16,18H2,1-4H3,(H,29,30)(H,31,34)/t22-/m0/s1. The number of hydrogen-bond acceptors (Lipinski definition) is 8. The zero-order valence-corrected chi connectivity index (χ0v) is 21.8. The second-order valence-corrected chi connectivity index (χ2v) is 9.94. The molecule has 198 valence electrons. The van der Waals surface area contributed by atoms with Crippen LogP contribution in [0.1, 0.15) is 45.4 Å². The summed E-state index contributed by atoms with van der Waals surface area (Å²) in [6, 6.07) is 11.4. The number of alkyl carbamates (subject to hydrolysis) is 1. The van der Waals surface area contributed by atoms with Gasteiger partial charge in [0.25, 0.3) is 0 Å². The molecule has 2 N–H and O–H groups in total. The second kappa shape index (κ2) is 12.9. The first kappa shape index (κ1) is 27.7. The molecule has 0 saturated carbocycles. The lowest BCUT2D eigenvalue weighted by molar-refractivity contribution is -0.145. The number of hydrogen-bond donors (Lipinski definition) is 2. The summed E-state index contributed by atoms with van der Waals surface area (Å²) in [6.07, 6.45) is 2.53. The van der Waals surface area contributed by atoms with Crippen LogP contribution in [0.5, 0.6) is 0 Å². The van der Waals surface area contributed by atoms with Crippen molar-refractivity contribution in [3.63, 3.8) is 0 Å². The van der Waals surface area contributed by atoms with E-state index >= 15 is 0 Å². The number of aromatic nitrogens is 1. The zero-order chi connectivity index (χ0) is 26.8. The highest BCUT2D eigenvalue weighted by atomic mass is 16.6. The quantitative estimate of drug-likeness (QED) is 0.287. The summed E-state index contributed by atoms with van der Waals surface area (Å²) in [4.78, 5) is 41.8. The van der Waals surface area contributed by atoms with Gasteiger partial charge in [-0.2, -0.15) is 0 Å². The van der Waals surface area contributed by atoms with E-state index < -0.39 is 18.1 Å².